The average molecular weight is 440 g/mol. The summed E-state index contributed by atoms with van der Waals surface area (Å²) in [5.41, 5.74) is 4.09. The molecule has 2 saturated heterocycles. The van der Waals surface area contributed by atoms with Crippen LogP contribution in [0.3, 0.4) is 0 Å². The van der Waals surface area contributed by atoms with Crippen LogP contribution in [-0.4, -0.2) is 77.6 Å². The van der Waals surface area contributed by atoms with Gasteiger partial charge in [-0.2, -0.15) is 0 Å². The van der Waals surface area contributed by atoms with Gasteiger partial charge in [-0.3, -0.25) is 4.99 Å². The van der Waals surface area contributed by atoms with E-state index < -0.39 is 0 Å². The number of aliphatic imine (C=N–C) groups is 1. The summed E-state index contributed by atoms with van der Waals surface area (Å²) in [4.78, 5) is 9.86. The van der Waals surface area contributed by atoms with Gasteiger partial charge in [-0.05, 0) is 43.9 Å². The van der Waals surface area contributed by atoms with Gasteiger partial charge in [0.2, 0.25) is 0 Å². The van der Waals surface area contributed by atoms with Crippen molar-refractivity contribution in [3.63, 3.8) is 0 Å². The number of nitrogens with zero attached hydrogens (tertiary/aromatic N) is 6. The highest BCUT2D eigenvalue weighted by atomic mass is 16.5. The first-order valence-corrected chi connectivity index (χ1v) is 12.0. The maximum Gasteiger partial charge on any atom is 0.194 e. The van der Waals surface area contributed by atoms with E-state index in [0.717, 1.165) is 83.5 Å². The largest absolute Gasteiger partial charge is 0.376 e. The number of aromatic nitrogens is 3. The molecule has 32 heavy (non-hydrogen) atoms. The zero-order chi connectivity index (χ0) is 22.3. The zero-order valence-corrected chi connectivity index (χ0v) is 19.8. The number of piperazine rings is 1. The number of hydrogen-bond donors (Lipinski definition) is 1. The molecule has 1 aromatic heterocycles. The predicted molar refractivity (Wildman–Crippen MR) is 128 cm³/mol. The number of anilines is 1. The van der Waals surface area contributed by atoms with E-state index in [0.29, 0.717) is 0 Å². The van der Waals surface area contributed by atoms with Crippen molar-refractivity contribution >= 4 is 11.6 Å². The lowest BCUT2D eigenvalue weighted by atomic mass is 10.1. The van der Waals surface area contributed by atoms with Crippen LogP contribution in [0.2, 0.25) is 0 Å². The molecular weight excluding hydrogens is 402 g/mol. The van der Waals surface area contributed by atoms with Crippen LogP contribution in [0.5, 0.6) is 0 Å². The highest BCUT2D eigenvalue weighted by molar-refractivity contribution is 5.80. The van der Waals surface area contributed by atoms with Crippen molar-refractivity contribution in [1.82, 2.24) is 25.0 Å². The van der Waals surface area contributed by atoms with Gasteiger partial charge < -0.3 is 24.4 Å². The topological polar surface area (TPSA) is 70.8 Å². The first kappa shape index (κ1) is 22.6. The van der Waals surface area contributed by atoms with E-state index >= 15 is 0 Å². The number of rotatable bonds is 7. The highest BCUT2D eigenvalue weighted by Crippen LogP contribution is 2.24. The second-order valence-electron chi connectivity index (χ2n) is 8.71. The first-order chi connectivity index (χ1) is 15.7. The molecule has 2 aromatic rings. The molecule has 0 amide bonds. The van der Waals surface area contributed by atoms with E-state index in [-0.39, 0.29) is 6.10 Å². The fourth-order valence-electron chi connectivity index (χ4n) is 4.51. The van der Waals surface area contributed by atoms with Crippen molar-refractivity contribution in [3.8, 4) is 0 Å². The van der Waals surface area contributed by atoms with Crippen LogP contribution in [-0.2, 0) is 17.7 Å². The molecule has 4 rings (SSSR count). The van der Waals surface area contributed by atoms with Crippen LogP contribution in [0.15, 0.2) is 29.5 Å². The van der Waals surface area contributed by atoms with Crippen LogP contribution in [0.4, 0.5) is 5.69 Å². The number of benzene rings is 1. The van der Waals surface area contributed by atoms with E-state index in [4.69, 9.17) is 9.73 Å². The summed E-state index contributed by atoms with van der Waals surface area (Å²) in [6.07, 6.45) is 5.21. The van der Waals surface area contributed by atoms with E-state index in [2.05, 4.69) is 68.9 Å². The van der Waals surface area contributed by atoms with E-state index in [1.54, 1.807) is 0 Å². The van der Waals surface area contributed by atoms with Gasteiger partial charge in [0.25, 0.3) is 0 Å². The summed E-state index contributed by atoms with van der Waals surface area (Å²) >= 11 is 0. The molecule has 0 bridgehead atoms. The molecule has 1 atom stereocenters. The fraction of sp³-hybridized carbons (Fsp3) is 0.625. The van der Waals surface area contributed by atoms with Gasteiger partial charge in [-0.15, -0.1) is 10.2 Å². The van der Waals surface area contributed by atoms with Crippen molar-refractivity contribution in [2.45, 2.75) is 52.7 Å². The summed E-state index contributed by atoms with van der Waals surface area (Å²) in [6.45, 7) is 13.7. The Hall–Kier alpha value is -2.61. The third-order valence-electron chi connectivity index (χ3n) is 6.61. The Morgan fingerprint density at radius 2 is 2.06 bits per heavy atom. The number of aryl methyl sites for hydroxylation is 2. The summed E-state index contributed by atoms with van der Waals surface area (Å²) in [5, 5.41) is 11.8. The van der Waals surface area contributed by atoms with Gasteiger partial charge in [0, 0.05) is 58.0 Å². The smallest absolute Gasteiger partial charge is 0.194 e. The lowest BCUT2D eigenvalue weighted by molar-refractivity contribution is 0.117. The van der Waals surface area contributed by atoms with Gasteiger partial charge in [0.1, 0.15) is 12.2 Å². The van der Waals surface area contributed by atoms with Crippen molar-refractivity contribution in [2.24, 2.45) is 4.99 Å². The second-order valence-corrected chi connectivity index (χ2v) is 8.71. The Morgan fingerprint density at radius 1 is 1.22 bits per heavy atom. The Kier molecular flexibility index (Phi) is 7.63. The maximum atomic E-state index is 5.80. The molecule has 174 valence electrons. The zero-order valence-electron chi connectivity index (χ0n) is 19.8. The lowest BCUT2D eigenvalue weighted by Gasteiger charge is -2.38. The van der Waals surface area contributed by atoms with Crippen molar-refractivity contribution in [1.29, 1.82) is 0 Å². The highest BCUT2D eigenvalue weighted by Gasteiger charge is 2.22. The Bertz CT molecular complexity index is 896. The molecule has 0 spiro atoms. The summed E-state index contributed by atoms with van der Waals surface area (Å²) in [7, 11) is 0. The van der Waals surface area contributed by atoms with E-state index in [9.17, 15) is 0 Å². The minimum atomic E-state index is 0.257. The van der Waals surface area contributed by atoms with E-state index in [1.807, 2.05) is 6.33 Å². The maximum absolute atomic E-state index is 5.80. The van der Waals surface area contributed by atoms with Crippen LogP contribution in [0.1, 0.15) is 36.7 Å². The summed E-state index contributed by atoms with van der Waals surface area (Å²) < 4.78 is 7.92. The number of guanidine groups is 1. The minimum Gasteiger partial charge on any atom is -0.376 e. The molecule has 8 heteroatoms. The van der Waals surface area contributed by atoms with E-state index in [1.165, 1.54) is 16.8 Å². The fourth-order valence-corrected chi connectivity index (χ4v) is 4.51. The Labute approximate surface area is 191 Å². The molecule has 0 saturated carbocycles. The lowest BCUT2D eigenvalue weighted by Crippen LogP contribution is -2.53. The van der Waals surface area contributed by atoms with Gasteiger partial charge >= 0.3 is 0 Å². The van der Waals surface area contributed by atoms with Crippen molar-refractivity contribution in [2.75, 3.05) is 50.8 Å². The molecule has 2 aliphatic rings. The minimum absolute atomic E-state index is 0.257. The number of hydrogen-bond acceptors (Lipinski definition) is 5. The first-order valence-electron chi connectivity index (χ1n) is 12.0. The molecule has 8 nitrogen and oxygen atoms in total. The summed E-state index contributed by atoms with van der Waals surface area (Å²) in [5.74, 6) is 2.01. The third-order valence-corrected chi connectivity index (χ3v) is 6.61. The second kappa shape index (κ2) is 10.8. The Morgan fingerprint density at radius 3 is 2.81 bits per heavy atom. The molecule has 3 heterocycles. The molecule has 1 aromatic carbocycles. The molecule has 2 fully saturated rings. The molecule has 0 aliphatic carbocycles. The number of ether oxygens (including phenoxy) is 1. The molecule has 0 radical (unpaired) electrons. The monoisotopic (exact) mass is 439 g/mol. The molecular formula is C24H37N7O. The van der Waals surface area contributed by atoms with Crippen LogP contribution in [0.25, 0.3) is 0 Å². The van der Waals surface area contributed by atoms with Crippen LogP contribution in [0, 0.1) is 13.8 Å². The third kappa shape index (κ3) is 5.41. The Balaban J connectivity index is 1.38. The molecule has 1 N–H and O–H groups in total. The normalized spacial score (nSPS) is 19.6. The van der Waals surface area contributed by atoms with Crippen molar-refractivity contribution in [3.05, 3.63) is 41.5 Å². The summed E-state index contributed by atoms with van der Waals surface area (Å²) in [6, 6.07) is 6.59. The van der Waals surface area contributed by atoms with Crippen LogP contribution < -0.4 is 10.2 Å². The molecule has 1 unspecified atom stereocenters. The quantitative estimate of drug-likeness (QED) is 0.528. The van der Waals surface area contributed by atoms with Gasteiger partial charge in [0.15, 0.2) is 5.96 Å². The molecule has 2 aliphatic heterocycles. The number of nitrogens with one attached hydrogen (secondary N) is 1. The SMILES string of the molecule is CCc1nncn1CCNC(=NCC1CCCO1)N1CCN(c2cccc(C)c2C)CC1. The van der Waals surface area contributed by atoms with Gasteiger partial charge in [-0.1, -0.05) is 19.1 Å². The standard InChI is InChI=1S/C24H37N7O/c1-4-23-28-27-18-31(23)11-10-25-24(26-17-21-8-6-16-32-21)30-14-12-29(13-15-30)22-9-5-7-19(2)20(22)3/h5,7,9,18,21H,4,6,8,10-17H2,1-3H3,(H,25,26). The van der Waals surface area contributed by atoms with Crippen molar-refractivity contribution < 1.29 is 4.74 Å². The average Bonchev–Trinajstić information content (AvgIpc) is 3.50. The van der Waals surface area contributed by atoms with Crippen LogP contribution >= 0.6 is 0 Å². The van der Waals surface area contributed by atoms with Gasteiger partial charge in [-0.25, -0.2) is 0 Å². The van der Waals surface area contributed by atoms with Gasteiger partial charge in [0.05, 0.1) is 12.6 Å². The predicted octanol–water partition coefficient (Wildman–Crippen LogP) is 2.40.